The average molecular weight is 413 g/mol. The molecule has 0 spiro atoms. The molecule has 0 bridgehead atoms. The van der Waals surface area contributed by atoms with Crippen molar-refractivity contribution in [1.29, 1.82) is 0 Å². The van der Waals surface area contributed by atoms with Crippen molar-refractivity contribution in [1.82, 2.24) is 0 Å². The highest BCUT2D eigenvalue weighted by molar-refractivity contribution is 5.81. The van der Waals surface area contributed by atoms with Crippen molar-refractivity contribution in [2.24, 2.45) is 11.8 Å². The van der Waals surface area contributed by atoms with E-state index in [0.717, 1.165) is 57.8 Å². The molecule has 0 aromatic heterocycles. The molecule has 1 aliphatic rings. The first kappa shape index (κ1) is 25.8. The molecule has 0 aliphatic heterocycles. The molecule has 0 aromatic carbocycles. The fourth-order valence-corrected chi connectivity index (χ4v) is 4.04. The minimum absolute atomic E-state index is 0.00897. The molecule has 1 saturated carbocycles. The second kappa shape index (κ2) is 14.7. The van der Waals surface area contributed by atoms with Gasteiger partial charge < -0.3 is 20.1 Å². The first-order valence-corrected chi connectivity index (χ1v) is 11.2. The predicted octanol–water partition coefficient (Wildman–Crippen LogP) is 3.31. The molecule has 0 amide bonds. The summed E-state index contributed by atoms with van der Waals surface area (Å²) in [6.45, 7) is 3.28. The molecule has 0 heterocycles. The van der Waals surface area contributed by atoms with Gasteiger partial charge in [-0.1, -0.05) is 57.6 Å². The van der Waals surface area contributed by atoms with E-state index in [2.05, 4.69) is 11.7 Å². The van der Waals surface area contributed by atoms with Crippen LogP contribution in [0.3, 0.4) is 0 Å². The summed E-state index contributed by atoms with van der Waals surface area (Å²) in [5.74, 6) is -0.601. The fraction of sp³-hybridized carbons (Fsp3) is 0.826. The number of ketones is 1. The van der Waals surface area contributed by atoms with E-state index >= 15 is 0 Å². The van der Waals surface area contributed by atoms with Crippen molar-refractivity contribution in [2.75, 3.05) is 6.61 Å². The van der Waals surface area contributed by atoms with Gasteiger partial charge in [-0.15, -0.1) is 0 Å². The van der Waals surface area contributed by atoms with Gasteiger partial charge in [0.25, 0.3) is 0 Å². The number of Topliss-reactive ketones (excluding diaryl/α,β-unsaturated/α-hetero) is 1. The van der Waals surface area contributed by atoms with Crippen molar-refractivity contribution < 1.29 is 29.6 Å². The van der Waals surface area contributed by atoms with Gasteiger partial charge in [-0.25, -0.2) is 0 Å². The topological polar surface area (TPSA) is 104 Å². The maximum absolute atomic E-state index is 11.6. The van der Waals surface area contributed by atoms with Crippen molar-refractivity contribution in [2.45, 2.75) is 103 Å². The molecule has 168 valence electrons. The number of hydrogen-bond acceptors (Lipinski definition) is 6. The lowest BCUT2D eigenvalue weighted by atomic mass is 9.87. The van der Waals surface area contributed by atoms with Gasteiger partial charge in [0.2, 0.25) is 0 Å². The lowest BCUT2D eigenvalue weighted by molar-refractivity contribution is -0.145. The van der Waals surface area contributed by atoms with Crippen LogP contribution in [-0.2, 0) is 14.3 Å². The third-order valence-corrected chi connectivity index (χ3v) is 5.75. The fourth-order valence-electron chi connectivity index (χ4n) is 4.04. The molecule has 1 aliphatic carbocycles. The number of ether oxygens (including phenoxy) is 1. The van der Waals surface area contributed by atoms with E-state index in [9.17, 15) is 24.9 Å². The number of aliphatic hydroxyl groups excluding tert-OH is 3. The monoisotopic (exact) mass is 412 g/mol. The number of esters is 1. The van der Waals surface area contributed by atoms with E-state index in [1.165, 1.54) is 6.92 Å². The Hall–Kier alpha value is -1.24. The van der Waals surface area contributed by atoms with Crippen LogP contribution in [0, 0.1) is 11.8 Å². The molecule has 3 N–H and O–H groups in total. The van der Waals surface area contributed by atoms with Crippen LogP contribution in [0.15, 0.2) is 12.2 Å². The Morgan fingerprint density at radius 1 is 1.07 bits per heavy atom. The van der Waals surface area contributed by atoms with Gasteiger partial charge in [0.05, 0.1) is 18.3 Å². The Labute approximate surface area is 175 Å². The van der Waals surface area contributed by atoms with Crippen LogP contribution in [-0.4, -0.2) is 52.0 Å². The van der Waals surface area contributed by atoms with E-state index in [4.69, 9.17) is 0 Å². The molecule has 29 heavy (non-hydrogen) atoms. The largest absolute Gasteiger partial charge is 0.458 e. The second-order valence-electron chi connectivity index (χ2n) is 8.33. The molecule has 0 radical (unpaired) electrons. The standard InChI is InChI=1S/C23H40O6/c1-3-4-7-10-18(25)13-14-21-20(22(27)15-23(21)28)12-9-6-5-8-11-19(26)16-29-17(2)24/h13-14,18,20-23,25,27-28H,3-12,15-16H2,1-2H3/b14-13+/t18?,20-,21-,22+,23-/m1/s1. The van der Waals surface area contributed by atoms with Crippen LogP contribution >= 0.6 is 0 Å². The number of rotatable bonds is 15. The minimum Gasteiger partial charge on any atom is -0.458 e. The van der Waals surface area contributed by atoms with Crippen LogP contribution in [0.1, 0.15) is 84.5 Å². The van der Waals surface area contributed by atoms with Crippen molar-refractivity contribution in [3.63, 3.8) is 0 Å². The van der Waals surface area contributed by atoms with Gasteiger partial charge in [-0.2, -0.15) is 0 Å². The van der Waals surface area contributed by atoms with Crippen molar-refractivity contribution in [3.8, 4) is 0 Å². The average Bonchev–Trinajstić information content (AvgIpc) is 2.94. The Morgan fingerprint density at radius 3 is 2.48 bits per heavy atom. The maximum Gasteiger partial charge on any atom is 0.303 e. The van der Waals surface area contributed by atoms with Gasteiger partial charge in [0.1, 0.15) is 6.61 Å². The van der Waals surface area contributed by atoms with Gasteiger partial charge >= 0.3 is 5.97 Å². The third kappa shape index (κ3) is 10.9. The normalized spacial score (nSPS) is 25.4. The highest BCUT2D eigenvalue weighted by atomic mass is 16.5. The van der Waals surface area contributed by atoms with E-state index < -0.39 is 24.3 Å². The zero-order valence-electron chi connectivity index (χ0n) is 18.1. The second-order valence-corrected chi connectivity index (χ2v) is 8.33. The highest BCUT2D eigenvalue weighted by Crippen LogP contribution is 2.37. The molecule has 5 atom stereocenters. The molecule has 6 heteroatoms. The summed E-state index contributed by atoms with van der Waals surface area (Å²) in [5, 5.41) is 30.7. The molecule has 1 rings (SSSR count). The molecule has 1 unspecified atom stereocenters. The summed E-state index contributed by atoms with van der Waals surface area (Å²) >= 11 is 0. The van der Waals surface area contributed by atoms with Crippen molar-refractivity contribution >= 4 is 11.8 Å². The Kier molecular flexibility index (Phi) is 13.1. The van der Waals surface area contributed by atoms with Crippen LogP contribution in [0.4, 0.5) is 0 Å². The smallest absolute Gasteiger partial charge is 0.303 e. The Morgan fingerprint density at radius 2 is 1.79 bits per heavy atom. The van der Waals surface area contributed by atoms with Crippen LogP contribution in [0.5, 0.6) is 0 Å². The summed E-state index contributed by atoms with van der Waals surface area (Å²) in [4.78, 5) is 22.2. The molecule has 6 nitrogen and oxygen atoms in total. The first-order chi connectivity index (χ1) is 13.8. The highest BCUT2D eigenvalue weighted by Gasteiger charge is 2.39. The molecule has 0 aromatic rings. The summed E-state index contributed by atoms with van der Waals surface area (Å²) in [7, 11) is 0. The van der Waals surface area contributed by atoms with Gasteiger partial charge in [0, 0.05) is 25.7 Å². The van der Waals surface area contributed by atoms with Crippen LogP contribution < -0.4 is 0 Å². The SMILES string of the molecule is CCCCCC(O)/C=C/[C@@H]1[C@@H](CCCCCCC(=O)COC(C)=O)[C@@H](O)C[C@H]1O. The summed E-state index contributed by atoms with van der Waals surface area (Å²) in [6, 6.07) is 0. The molecule has 0 saturated heterocycles. The molecular formula is C23H40O6. The Bertz CT molecular complexity index is 504. The third-order valence-electron chi connectivity index (χ3n) is 5.75. The lowest BCUT2D eigenvalue weighted by Crippen LogP contribution is -2.21. The zero-order valence-corrected chi connectivity index (χ0v) is 18.1. The summed E-state index contributed by atoms with van der Waals surface area (Å²) in [5.41, 5.74) is 0. The molecule has 1 fully saturated rings. The van der Waals surface area contributed by atoms with Crippen LogP contribution in [0.25, 0.3) is 0 Å². The lowest BCUT2D eigenvalue weighted by Gasteiger charge is -2.21. The number of carbonyl (C=O) groups is 2. The van der Waals surface area contributed by atoms with E-state index in [-0.39, 0.29) is 24.2 Å². The van der Waals surface area contributed by atoms with Gasteiger partial charge in [-0.3, -0.25) is 9.59 Å². The number of carbonyl (C=O) groups excluding carboxylic acids is 2. The van der Waals surface area contributed by atoms with Gasteiger partial charge in [0.15, 0.2) is 5.78 Å². The van der Waals surface area contributed by atoms with E-state index in [1.807, 2.05) is 6.08 Å². The predicted molar refractivity (Wildman–Crippen MR) is 112 cm³/mol. The minimum atomic E-state index is -0.562. The van der Waals surface area contributed by atoms with Crippen molar-refractivity contribution in [3.05, 3.63) is 12.2 Å². The number of unbranched alkanes of at least 4 members (excludes halogenated alkanes) is 5. The van der Waals surface area contributed by atoms with Gasteiger partial charge in [-0.05, 0) is 25.2 Å². The zero-order chi connectivity index (χ0) is 21.6. The quantitative estimate of drug-likeness (QED) is 0.217. The summed E-state index contributed by atoms with van der Waals surface area (Å²) in [6.07, 6.45) is 11.2. The number of aliphatic hydroxyl groups is 3. The maximum atomic E-state index is 11.6. The van der Waals surface area contributed by atoms with E-state index in [1.54, 1.807) is 6.08 Å². The van der Waals surface area contributed by atoms with E-state index in [0.29, 0.717) is 12.8 Å². The summed E-state index contributed by atoms with van der Waals surface area (Å²) < 4.78 is 4.69. The van der Waals surface area contributed by atoms with Crippen LogP contribution in [0.2, 0.25) is 0 Å². The Balaban J connectivity index is 2.29. The first-order valence-electron chi connectivity index (χ1n) is 11.2. The number of hydrogen-bond donors (Lipinski definition) is 3. The molecular weight excluding hydrogens is 372 g/mol.